The summed E-state index contributed by atoms with van der Waals surface area (Å²) in [5.74, 6) is 8.06. The van der Waals surface area contributed by atoms with Crippen LogP contribution in [-0.2, 0) is 0 Å². The number of benzene rings is 3. The Kier molecular flexibility index (Phi) is 4.99. The van der Waals surface area contributed by atoms with Gasteiger partial charge in [0.15, 0.2) is 0 Å². The van der Waals surface area contributed by atoms with Gasteiger partial charge in [-0.15, -0.1) is 0 Å². The van der Waals surface area contributed by atoms with Crippen molar-refractivity contribution in [3.8, 4) is 11.3 Å². The molecule has 2 heterocycles. The van der Waals surface area contributed by atoms with Crippen LogP contribution in [0.2, 0.25) is 17.3 Å². The molecular formula is C28H29GeNS. The summed E-state index contributed by atoms with van der Waals surface area (Å²) in [7, 11) is 0. The molecule has 2 aromatic heterocycles. The average molecular weight is 484 g/mol. The van der Waals surface area contributed by atoms with E-state index in [0.29, 0.717) is 5.92 Å². The summed E-state index contributed by atoms with van der Waals surface area (Å²) < 4.78 is 4.43. The van der Waals surface area contributed by atoms with Crippen molar-refractivity contribution in [2.75, 3.05) is 0 Å². The van der Waals surface area contributed by atoms with E-state index in [4.69, 9.17) is 4.98 Å². The number of nitrogens with zero attached hydrogens (tertiary/aromatic N) is 1. The van der Waals surface area contributed by atoms with Crippen molar-refractivity contribution in [1.82, 2.24) is 4.98 Å². The molecule has 0 amide bonds. The van der Waals surface area contributed by atoms with Gasteiger partial charge >= 0.3 is 192 Å². The van der Waals surface area contributed by atoms with Crippen LogP contribution >= 0.6 is 11.3 Å². The molecule has 0 unspecified atom stereocenters. The summed E-state index contributed by atoms with van der Waals surface area (Å²) >= 11 is -0.0915. The molecule has 5 rings (SSSR count). The number of thiophene rings is 1. The third-order valence-corrected chi connectivity index (χ3v) is 12.2. The van der Waals surface area contributed by atoms with Gasteiger partial charge in [-0.25, -0.2) is 0 Å². The Hall–Kier alpha value is -2.17. The van der Waals surface area contributed by atoms with E-state index in [1.54, 1.807) is 4.40 Å². The maximum absolute atomic E-state index is 4.90. The standard InChI is InChI=1S/C28H29GeNS/c1-17(2)20-15-24-23-11-12-30-26(28(23)31-27(24)25(16-20)29(4,5)6)21-13-18(3)22-10-8-7-9-19(22)14-21/h7-17H,1-6H3. The monoisotopic (exact) mass is 485 g/mol. The fourth-order valence-electron chi connectivity index (χ4n) is 4.56. The fourth-order valence-corrected chi connectivity index (χ4v) is 10.7. The first-order valence-electron chi connectivity index (χ1n) is 11.1. The Morgan fingerprint density at radius 2 is 1.61 bits per heavy atom. The van der Waals surface area contributed by atoms with Gasteiger partial charge in [-0.3, -0.25) is 0 Å². The molecule has 0 atom stereocenters. The summed E-state index contributed by atoms with van der Waals surface area (Å²) in [6, 6.07) is 20.4. The Balaban J connectivity index is 1.85. The van der Waals surface area contributed by atoms with Gasteiger partial charge in [-0.1, -0.05) is 0 Å². The zero-order chi connectivity index (χ0) is 21.9. The number of pyridine rings is 1. The normalized spacial score (nSPS) is 12.5. The van der Waals surface area contributed by atoms with E-state index in [0.717, 1.165) is 5.69 Å². The molecular weight excluding hydrogens is 455 g/mol. The first-order chi connectivity index (χ1) is 14.7. The van der Waals surface area contributed by atoms with Crippen molar-refractivity contribution >= 4 is 59.9 Å². The number of fused-ring (bicyclic) bond motifs is 4. The maximum atomic E-state index is 4.90. The Morgan fingerprint density at radius 1 is 0.839 bits per heavy atom. The summed E-state index contributed by atoms with van der Waals surface area (Å²) in [6.07, 6.45) is 1.99. The first-order valence-corrected chi connectivity index (χ1v) is 19.3. The van der Waals surface area contributed by atoms with Crippen molar-refractivity contribution in [2.45, 2.75) is 44.0 Å². The van der Waals surface area contributed by atoms with Crippen molar-refractivity contribution in [2.24, 2.45) is 0 Å². The molecule has 0 saturated carbocycles. The molecule has 156 valence electrons. The first kappa shape index (κ1) is 20.7. The van der Waals surface area contributed by atoms with E-state index < -0.39 is 13.3 Å². The molecule has 0 aliphatic heterocycles. The number of rotatable bonds is 3. The van der Waals surface area contributed by atoms with E-state index in [1.807, 2.05) is 17.5 Å². The van der Waals surface area contributed by atoms with E-state index in [1.165, 1.54) is 47.6 Å². The zero-order valence-electron chi connectivity index (χ0n) is 19.2. The quantitative estimate of drug-likeness (QED) is 0.235. The fraction of sp³-hybridized carbons (Fsp3) is 0.250. The second-order valence-corrected chi connectivity index (χ2v) is 21.6. The van der Waals surface area contributed by atoms with E-state index in [9.17, 15) is 0 Å². The summed E-state index contributed by atoms with van der Waals surface area (Å²) in [5, 5.41) is 5.37. The van der Waals surface area contributed by atoms with Crippen LogP contribution < -0.4 is 4.40 Å². The molecule has 5 aromatic rings. The average Bonchev–Trinajstić information content (AvgIpc) is 3.11. The molecule has 0 saturated heterocycles. The molecule has 0 bridgehead atoms. The number of aryl methyl sites for hydroxylation is 1. The molecule has 3 aromatic carbocycles. The van der Waals surface area contributed by atoms with Crippen molar-refractivity contribution in [3.63, 3.8) is 0 Å². The van der Waals surface area contributed by atoms with Crippen LogP contribution in [0.25, 0.3) is 42.2 Å². The van der Waals surface area contributed by atoms with Crippen LogP contribution in [-0.4, -0.2) is 18.3 Å². The second-order valence-electron chi connectivity index (χ2n) is 10.0. The number of hydrogen-bond donors (Lipinski definition) is 0. The summed E-state index contributed by atoms with van der Waals surface area (Å²) in [5.41, 5.74) is 5.10. The van der Waals surface area contributed by atoms with Crippen LogP contribution in [0.15, 0.2) is 60.8 Å². The van der Waals surface area contributed by atoms with E-state index >= 15 is 0 Å². The molecule has 0 spiro atoms. The van der Waals surface area contributed by atoms with Crippen LogP contribution in [0.3, 0.4) is 0 Å². The van der Waals surface area contributed by atoms with Crippen LogP contribution in [0, 0.1) is 6.92 Å². The van der Waals surface area contributed by atoms with Gasteiger partial charge in [-0.2, -0.15) is 0 Å². The van der Waals surface area contributed by atoms with Gasteiger partial charge in [0.2, 0.25) is 0 Å². The van der Waals surface area contributed by atoms with Gasteiger partial charge in [0, 0.05) is 0 Å². The van der Waals surface area contributed by atoms with E-state index in [-0.39, 0.29) is 0 Å². The van der Waals surface area contributed by atoms with Crippen LogP contribution in [0.5, 0.6) is 0 Å². The zero-order valence-corrected chi connectivity index (χ0v) is 22.1. The Morgan fingerprint density at radius 3 is 2.35 bits per heavy atom. The topological polar surface area (TPSA) is 12.9 Å². The predicted molar refractivity (Wildman–Crippen MR) is 142 cm³/mol. The number of hydrogen-bond acceptors (Lipinski definition) is 2. The molecule has 31 heavy (non-hydrogen) atoms. The Bertz CT molecular complexity index is 1450. The second kappa shape index (κ2) is 7.46. The predicted octanol–water partition coefficient (Wildman–Crippen LogP) is 8.25. The van der Waals surface area contributed by atoms with Gasteiger partial charge in [0.05, 0.1) is 0 Å². The van der Waals surface area contributed by atoms with Gasteiger partial charge in [-0.05, 0) is 0 Å². The van der Waals surface area contributed by atoms with Crippen molar-refractivity contribution in [3.05, 3.63) is 71.9 Å². The van der Waals surface area contributed by atoms with Gasteiger partial charge in [0.1, 0.15) is 0 Å². The molecule has 1 nitrogen and oxygen atoms in total. The molecule has 0 N–H and O–H groups in total. The molecule has 0 radical (unpaired) electrons. The summed E-state index contributed by atoms with van der Waals surface area (Å²) in [6.45, 7) is 6.82. The molecule has 0 aliphatic carbocycles. The van der Waals surface area contributed by atoms with Gasteiger partial charge < -0.3 is 0 Å². The van der Waals surface area contributed by atoms with Crippen molar-refractivity contribution in [1.29, 1.82) is 0 Å². The van der Waals surface area contributed by atoms with Crippen LogP contribution in [0.4, 0.5) is 0 Å². The summed E-state index contributed by atoms with van der Waals surface area (Å²) in [4.78, 5) is 4.90. The van der Waals surface area contributed by atoms with Crippen LogP contribution in [0.1, 0.15) is 30.9 Å². The SMILES string of the molecule is Cc1cc(-c2nccc3c2sc2[c]([Ge]([CH3])([CH3])[CH3])cc(C(C)C)cc23)cc2ccccc12. The minimum absolute atomic E-state index is 0.535. The molecule has 3 heteroatoms. The minimum atomic E-state index is -2.04. The van der Waals surface area contributed by atoms with Crippen molar-refractivity contribution < 1.29 is 0 Å². The van der Waals surface area contributed by atoms with E-state index in [2.05, 4.69) is 92.6 Å². The molecule has 0 aliphatic rings. The van der Waals surface area contributed by atoms with Gasteiger partial charge in [0.25, 0.3) is 0 Å². The Labute approximate surface area is 191 Å². The third-order valence-electron chi connectivity index (χ3n) is 6.33. The molecule has 0 fully saturated rings. The third kappa shape index (κ3) is 3.50. The number of aromatic nitrogens is 1.